The summed E-state index contributed by atoms with van der Waals surface area (Å²) in [5.74, 6) is -0.0347. The Bertz CT molecular complexity index is 1330. The smallest absolute Gasteiger partial charge is 0.226 e. The maximum absolute atomic E-state index is 14.6. The number of H-pyrrole nitrogens is 1. The zero-order chi connectivity index (χ0) is 22.2. The molecule has 1 atom stereocenters. The third-order valence-corrected chi connectivity index (χ3v) is 5.93. The van der Waals surface area contributed by atoms with Crippen LogP contribution in [-0.2, 0) is 6.61 Å². The molecule has 1 aromatic carbocycles. The number of aromatic amines is 1. The molecule has 0 spiro atoms. The Labute approximate surface area is 191 Å². The molecule has 1 aliphatic heterocycles. The molecule has 0 radical (unpaired) electrons. The van der Waals surface area contributed by atoms with Gasteiger partial charge in [0.15, 0.2) is 11.6 Å². The van der Waals surface area contributed by atoms with Crippen LogP contribution in [0.3, 0.4) is 0 Å². The van der Waals surface area contributed by atoms with Crippen molar-refractivity contribution in [2.75, 3.05) is 11.4 Å². The van der Waals surface area contributed by atoms with E-state index >= 15 is 0 Å². The number of hydrogen-bond donors (Lipinski definition) is 1. The van der Waals surface area contributed by atoms with Gasteiger partial charge >= 0.3 is 0 Å². The summed E-state index contributed by atoms with van der Waals surface area (Å²) >= 11 is 12.2. The highest BCUT2D eigenvalue weighted by molar-refractivity contribution is 6.35. The van der Waals surface area contributed by atoms with Crippen molar-refractivity contribution in [2.45, 2.75) is 19.1 Å². The number of benzene rings is 1. The Balaban J connectivity index is 1.43. The molecule has 0 amide bonds. The first-order chi connectivity index (χ1) is 15.5. The van der Waals surface area contributed by atoms with Gasteiger partial charge in [-0.15, -0.1) is 0 Å². The highest BCUT2D eigenvalue weighted by atomic mass is 35.5. The highest BCUT2D eigenvalue weighted by Crippen LogP contribution is 2.33. The highest BCUT2D eigenvalue weighted by Gasteiger charge is 2.29. The number of nitrogens with one attached hydrogen (secondary N) is 1. The fourth-order valence-electron chi connectivity index (χ4n) is 3.43. The summed E-state index contributed by atoms with van der Waals surface area (Å²) in [5.41, 5.74) is 2.21. The third kappa shape index (κ3) is 3.57. The van der Waals surface area contributed by atoms with Crippen molar-refractivity contribution in [1.82, 2.24) is 25.1 Å². The number of aromatic nitrogens is 5. The standard InChI is InChI=1S/C21H14Cl2FN7O/c22-15-8-26-9-16(23)14(15)10-32-19-3-13-18(4-17(19)24)29-30-20(13)11-6-27-21(28-7-11)31-2-1-12(31)5-25/h3-4,6-9,12H,1-2,10H2,(H,29,30). The van der Waals surface area contributed by atoms with Gasteiger partial charge in [0, 0.05) is 53.9 Å². The van der Waals surface area contributed by atoms with E-state index in [4.69, 9.17) is 33.2 Å². The largest absolute Gasteiger partial charge is 0.486 e. The molecule has 3 aromatic heterocycles. The second-order valence-corrected chi connectivity index (χ2v) is 7.98. The molecule has 0 bridgehead atoms. The van der Waals surface area contributed by atoms with E-state index in [0.717, 1.165) is 13.0 Å². The minimum absolute atomic E-state index is 0.0243. The SMILES string of the molecule is N#CC1CCN1c1ncc(-c2n[nH]c3cc(F)c(OCc4c(Cl)cncc4Cl)cc23)cn1. The lowest BCUT2D eigenvalue weighted by Gasteiger charge is -2.36. The van der Waals surface area contributed by atoms with E-state index in [-0.39, 0.29) is 18.4 Å². The molecule has 4 aromatic rings. The Morgan fingerprint density at radius 3 is 2.59 bits per heavy atom. The number of hydrogen-bond acceptors (Lipinski definition) is 7. The lowest BCUT2D eigenvalue weighted by Crippen LogP contribution is -2.47. The van der Waals surface area contributed by atoms with Gasteiger partial charge in [-0.2, -0.15) is 10.4 Å². The molecule has 1 aliphatic rings. The summed E-state index contributed by atoms with van der Waals surface area (Å²) in [5, 5.41) is 17.5. The van der Waals surface area contributed by atoms with E-state index in [1.54, 1.807) is 18.5 Å². The Morgan fingerprint density at radius 2 is 1.94 bits per heavy atom. The predicted octanol–water partition coefficient (Wildman–Crippen LogP) is 4.54. The van der Waals surface area contributed by atoms with Crippen LogP contribution in [0.25, 0.3) is 22.2 Å². The maximum Gasteiger partial charge on any atom is 0.226 e. The molecule has 0 saturated carbocycles. The topological polar surface area (TPSA) is 104 Å². The van der Waals surface area contributed by atoms with Gasteiger partial charge in [0.05, 0.1) is 21.6 Å². The van der Waals surface area contributed by atoms with Crippen LogP contribution in [0.5, 0.6) is 5.75 Å². The van der Waals surface area contributed by atoms with Crippen LogP contribution in [0.1, 0.15) is 12.0 Å². The molecule has 160 valence electrons. The second-order valence-electron chi connectivity index (χ2n) is 7.17. The molecule has 1 unspecified atom stereocenters. The van der Waals surface area contributed by atoms with E-state index in [9.17, 15) is 4.39 Å². The summed E-state index contributed by atoms with van der Waals surface area (Å²) in [4.78, 5) is 14.5. The van der Waals surface area contributed by atoms with Gasteiger partial charge in [-0.1, -0.05) is 23.2 Å². The minimum Gasteiger partial charge on any atom is -0.486 e. The van der Waals surface area contributed by atoms with Crippen LogP contribution in [-0.4, -0.2) is 37.7 Å². The molecule has 32 heavy (non-hydrogen) atoms. The zero-order valence-electron chi connectivity index (χ0n) is 16.4. The van der Waals surface area contributed by atoms with Crippen molar-refractivity contribution >= 4 is 40.1 Å². The summed E-state index contributed by atoms with van der Waals surface area (Å²) in [6.45, 7) is 0.720. The van der Waals surface area contributed by atoms with Crippen molar-refractivity contribution < 1.29 is 9.13 Å². The monoisotopic (exact) mass is 469 g/mol. The lowest BCUT2D eigenvalue weighted by molar-refractivity contribution is 0.291. The van der Waals surface area contributed by atoms with Crippen molar-refractivity contribution in [3.63, 3.8) is 0 Å². The predicted molar refractivity (Wildman–Crippen MR) is 117 cm³/mol. The summed E-state index contributed by atoms with van der Waals surface area (Å²) in [7, 11) is 0. The maximum atomic E-state index is 14.6. The average Bonchev–Trinajstić information content (AvgIpc) is 3.16. The first-order valence-electron chi connectivity index (χ1n) is 9.62. The Morgan fingerprint density at radius 1 is 1.19 bits per heavy atom. The molecule has 8 nitrogen and oxygen atoms in total. The molecule has 1 fully saturated rings. The van der Waals surface area contributed by atoms with Gasteiger partial charge in [-0.25, -0.2) is 14.4 Å². The average molecular weight is 470 g/mol. The van der Waals surface area contributed by atoms with Crippen molar-refractivity contribution in [2.24, 2.45) is 0 Å². The molecule has 1 N–H and O–H groups in total. The number of halogens is 3. The number of nitriles is 1. The van der Waals surface area contributed by atoms with Crippen LogP contribution in [0.15, 0.2) is 36.9 Å². The number of ether oxygens (including phenoxy) is 1. The van der Waals surface area contributed by atoms with Gasteiger partial charge in [0.25, 0.3) is 0 Å². The fraction of sp³-hybridized carbons (Fsp3) is 0.190. The molecule has 4 heterocycles. The van der Waals surface area contributed by atoms with Crippen molar-refractivity contribution in [1.29, 1.82) is 5.26 Å². The number of pyridine rings is 1. The van der Waals surface area contributed by atoms with Crippen molar-refractivity contribution in [3.8, 4) is 23.1 Å². The molecule has 1 saturated heterocycles. The van der Waals surface area contributed by atoms with Gasteiger partial charge in [0.1, 0.15) is 18.3 Å². The molecule has 0 aliphatic carbocycles. The van der Waals surface area contributed by atoms with Crippen molar-refractivity contribution in [3.05, 3.63) is 58.3 Å². The summed E-state index contributed by atoms with van der Waals surface area (Å²) in [6, 6.07) is 4.89. The van der Waals surface area contributed by atoms with Crippen LogP contribution in [0.4, 0.5) is 10.3 Å². The molecular formula is C21H14Cl2FN7O. The number of fused-ring (bicyclic) bond motifs is 1. The lowest BCUT2D eigenvalue weighted by atomic mass is 10.1. The van der Waals surface area contributed by atoms with Gasteiger partial charge in [0.2, 0.25) is 5.95 Å². The quantitative estimate of drug-likeness (QED) is 0.457. The third-order valence-electron chi connectivity index (χ3n) is 5.28. The van der Waals surface area contributed by atoms with Crippen LogP contribution >= 0.6 is 23.2 Å². The number of nitrogens with zero attached hydrogens (tertiary/aromatic N) is 6. The number of anilines is 1. The van der Waals surface area contributed by atoms with Crippen LogP contribution < -0.4 is 9.64 Å². The Hall–Kier alpha value is -3.48. The Kier molecular flexibility index (Phi) is 5.25. The van der Waals surface area contributed by atoms with E-state index in [1.165, 1.54) is 18.5 Å². The van der Waals surface area contributed by atoms with E-state index in [1.807, 2.05) is 4.90 Å². The normalized spacial score (nSPS) is 15.4. The summed E-state index contributed by atoms with van der Waals surface area (Å²) in [6.07, 6.45) is 6.96. The zero-order valence-corrected chi connectivity index (χ0v) is 17.9. The second kappa shape index (κ2) is 8.22. The number of rotatable bonds is 5. The first-order valence-corrected chi connectivity index (χ1v) is 10.4. The summed E-state index contributed by atoms with van der Waals surface area (Å²) < 4.78 is 20.3. The van der Waals surface area contributed by atoms with Crippen LogP contribution in [0.2, 0.25) is 10.0 Å². The fourth-order valence-corrected chi connectivity index (χ4v) is 3.90. The van der Waals surface area contributed by atoms with Gasteiger partial charge in [-0.05, 0) is 12.5 Å². The van der Waals surface area contributed by atoms with Crippen LogP contribution in [0, 0.1) is 17.1 Å². The molecular weight excluding hydrogens is 456 g/mol. The first kappa shape index (κ1) is 20.4. The minimum atomic E-state index is -0.555. The van der Waals surface area contributed by atoms with E-state index < -0.39 is 5.82 Å². The van der Waals surface area contributed by atoms with Gasteiger partial charge in [-0.3, -0.25) is 10.1 Å². The molecule has 11 heteroatoms. The van der Waals surface area contributed by atoms with E-state index in [2.05, 4.69) is 31.2 Å². The van der Waals surface area contributed by atoms with E-state index in [0.29, 0.717) is 43.7 Å². The van der Waals surface area contributed by atoms with Gasteiger partial charge < -0.3 is 9.64 Å². The molecule has 5 rings (SSSR count).